The summed E-state index contributed by atoms with van der Waals surface area (Å²) in [6.07, 6.45) is -0.561. The summed E-state index contributed by atoms with van der Waals surface area (Å²) in [6, 6.07) is 10.7. The van der Waals surface area contributed by atoms with Crippen LogP contribution >= 0.6 is 0 Å². The molecule has 0 unspecified atom stereocenters. The second kappa shape index (κ2) is 11.1. The lowest BCUT2D eigenvalue weighted by Gasteiger charge is -2.09. The average Bonchev–Trinajstić information content (AvgIpc) is 2.48. The van der Waals surface area contributed by atoms with Crippen molar-refractivity contribution >= 4 is 17.7 Å². The molecule has 7 nitrogen and oxygen atoms in total. The van der Waals surface area contributed by atoms with Crippen molar-refractivity contribution in [2.75, 3.05) is 5.32 Å². The largest absolute Gasteiger partial charge is 0.479 e. The molecule has 0 spiro atoms. The number of aliphatic carboxylic acids is 1. The molecule has 1 rings (SSSR count). The Morgan fingerprint density at radius 3 is 2.41 bits per heavy atom. The molecule has 0 aliphatic carbocycles. The smallest absolute Gasteiger partial charge is 0.412 e. The van der Waals surface area contributed by atoms with Gasteiger partial charge in [-0.2, -0.15) is 5.26 Å². The van der Waals surface area contributed by atoms with Crippen molar-refractivity contribution in [3.05, 3.63) is 30.3 Å². The summed E-state index contributed by atoms with van der Waals surface area (Å²) in [5.74, 6) is -1.18. The Balaban J connectivity index is 0.000000534. The molecular formula is C15H21N3O4. The lowest BCUT2D eigenvalue weighted by molar-refractivity contribution is -0.145. The maximum Gasteiger partial charge on any atom is 0.412 e. The van der Waals surface area contributed by atoms with E-state index in [9.17, 15) is 9.59 Å². The number of nitriles is 1. The minimum atomic E-state index is -1.18. The van der Waals surface area contributed by atoms with Gasteiger partial charge < -0.3 is 15.6 Å². The zero-order valence-corrected chi connectivity index (χ0v) is 12.7. The zero-order chi connectivity index (χ0) is 17.0. The Hall–Kier alpha value is -2.59. The van der Waals surface area contributed by atoms with Crippen molar-refractivity contribution in [2.24, 2.45) is 5.73 Å². The molecule has 4 N–H and O–H groups in total. The van der Waals surface area contributed by atoms with E-state index in [4.69, 9.17) is 16.1 Å². The van der Waals surface area contributed by atoms with Crippen LogP contribution in [0.4, 0.5) is 10.5 Å². The maximum atomic E-state index is 11.1. The Morgan fingerprint density at radius 1 is 1.41 bits per heavy atom. The first-order chi connectivity index (χ1) is 10.4. The van der Waals surface area contributed by atoms with E-state index >= 15 is 0 Å². The van der Waals surface area contributed by atoms with Crippen LogP contribution in [0, 0.1) is 11.3 Å². The molecule has 0 radical (unpaired) electrons. The second-order valence-electron chi connectivity index (χ2n) is 4.41. The van der Waals surface area contributed by atoms with E-state index in [1.54, 1.807) is 30.3 Å². The lowest BCUT2D eigenvalue weighted by atomic mass is 10.2. The fraction of sp³-hybridized carbons (Fsp3) is 0.400. The number of nitrogens with two attached hydrogens (primary N) is 1. The van der Waals surface area contributed by atoms with Gasteiger partial charge in [0.1, 0.15) is 0 Å². The van der Waals surface area contributed by atoms with Gasteiger partial charge in [0.2, 0.25) is 0 Å². The van der Waals surface area contributed by atoms with Crippen molar-refractivity contribution in [3.63, 3.8) is 0 Å². The highest BCUT2D eigenvalue weighted by atomic mass is 16.6. The number of para-hydroxylation sites is 1. The Bertz CT molecular complexity index is 499. The van der Waals surface area contributed by atoms with Crippen LogP contribution in [0.25, 0.3) is 0 Å². The number of ether oxygens (including phenoxy) is 1. The second-order valence-corrected chi connectivity index (χ2v) is 4.41. The molecule has 0 saturated heterocycles. The first kappa shape index (κ1) is 19.4. The number of carboxylic acid groups (broad SMARTS) is 1. The normalized spacial score (nSPS) is 11.9. The summed E-state index contributed by atoms with van der Waals surface area (Å²) in [4.78, 5) is 21.5. The number of hydrogen-bond acceptors (Lipinski definition) is 5. The monoisotopic (exact) mass is 307 g/mol. The fourth-order valence-corrected chi connectivity index (χ4v) is 1.14. The molecule has 120 valence electrons. The topological polar surface area (TPSA) is 125 Å². The van der Waals surface area contributed by atoms with Crippen molar-refractivity contribution in [1.29, 1.82) is 5.26 Å². The summed E-state index contributed by atoms with van der Waals surface area (Å²) in [5.41, 5.74) is 5.92. The third-order valence-electron chi connectivity index (χ3n) is 2.53. The number of carboxylic acids is 1. The number of carbonyl (C=O) groups is 2. The van der Waals surface area contributed by atoms with Crippen molar-refractivity contribution in [3.8, 4) is 6.07 Å². The molecule has 0 fully saturated rings. The van der Waals surface area contributed by atoms with E-state index in [2.05, 4.69) is 10.1 Å². The highest BCUT2D eigenvalue weighted by molar-refractivity contribution is 5.86. The predicted molar refractivity (Wildman–Crippen MR) is 82.1 cm³/mol. The lowest BCUT2D eigenvalue weighted by Crippen LogP contribution is -2.26. The van der Waals surface area contributed by atoms with Crippen LogP contribution < -0.4 is 11.1 Å². The summed E-state index contributed by atoms with van der Waals surface area (Å²) in [7, 11) is 0. The quantitative estimate of drug-likeness (QED) is 0.766. The van der Waals surface area contributed by atoms with Crippen molar-refractivity contribution in [2.45, 2.75) is 38.8 Å². The minimum Gasteiger partial charge on any atom is -0.479 e. The number of hydrogen-bond donors (Lipinski definition) is 3. The molecule has 0 saturated carbocycles. The van der Waals surface area contributed by atoms with E-state index in [-0.39, 0.29) is 6.04 Å². The standard InChI is InChI=1S/C10H11NO4.C5H10N2/c1-7(9(12)13)15-10(14)11-8-5-3-2-4-6-8;1-2-5(7)3-4-6/h2-7H,1H3,(H,11,14)(H,12,13);5H,2-3,7H2,1H3/t7-;5-/m10/s1. The number of carbonyl (C=O) groups excluding carboxylic acids is 1. The SMILES string of the molecule is CC[C@H](N)CC#N.C[C@@H](OC(=O)Nc1ccccc1)C(=O)O. The minimum absolute atomic E-state index is 0.0880. The van der Waals surface area contributed by atoms with Gasteiger partial charge >= 0.3 is 12.1 Å². The number of anilines is 1. The molecule has 1 aromatic carbocycles. The van der Waals surface area contributed by atoms with Gasteiger partial charge in [0, 0.05) is 11.7 Å². The van der Waals surface area contributed by atoms with Crippen molar-refractivity contribution in [1.82, 2.24) is 0 Å². The van der Waals surface area contributed by atoms with Gasteiger partial charge in [-0.25, -0.2) is 9.59 Å². The van der Waals surface area contributed by atoms with E-state index < -0.39 is 18.2 Å². The molecule has 0 bridgehead atoms. The van der Waals surface area contributed by atoms with Crippen LogP contribution in [0.3, 0.4) is 0 Å². The average molecular weight is 307 g/mol. The molecule has 2 atom stereocenters. The number of amides is 1. The third-order valence-corrected chi connectivity index (χ3v) is 2.53. The highest BCUT2D eigenvalue weighted by Crippen LogP contribution is 2.06. The maximum absolute atomic E-state index is 11.1. The number of benzene rings is 1. The molecular weight excluding hydrogens is 286 g/mol. The fourth-order valence-electron chi connectivity index (χ4n) is 1.14. The molecule has 0 aliphatic rings. The number of nitrogens with zero attached hydrogens (tertiary/aromatic N) is 1. The number of rotatable bonds is 5. The van der Waals surface area contributed by atoms with E-state index in [0.717, 1.165) is 6.42 Å². The number of nitrogens with one attached hydrogen (secondary N) is 1. The Morgan fingerprint density at radius 2 is 2.00 bits per heavy atom. The third kappa shape index (κ3) is 9.34. The van der Waals surface area contributed by atoms with Gasteiger partial charge in [0.25, 0.3) is 0 Å². The van der Waals surface area contributed by atoms with E-state index in [1.165, 1.54) is 6.92 Å². The zero-order valence-electron chi connectivity index (χ0n) is 12.7. The molecule has 7 heteroatoms. The van der Waals surface area contributed by atoms with Gasteiger partial charge in [0.05, 0.1) is 12.5 Å². The van der Waals surface area contributed by atoms with Gasteiger partial charge in [-0.1, -0.05) is 25.1 Å². The molecule has 0 heterocycles. The van der Waals surface area contributed by atoms with Gasteiger partial charge in [-0.15, -0.1) is 0 Å². The van der Waals surface area contributed by atoms with Crippen LogP contribution in [-0.2, 0) is 9.53 Å². The Kier molecular flexibility index (Phi) is 9.80. The van der Waals surface area contributed by atoms with Gasteiger partial charge in [0.15, 0.2) is 6.10 Å². The molecule has 0 aromatic heterocycles. The predicted octanol–water partition coefficient (Wildman–Crippen LogP) is 2.35. The first-order valence-corrected chi connectivity index (χ1v) is 6.78. The van der Waals surface area contributed by atoms with Crippen LogP contribution in [0.15, 0.2) is 30.3 Å². The van der Waals surface area contributed by atoms with Crippen LogP contribution in [0.2, 0.25) is 0 Å². The molecule has 0 aliphatic heterocycles. The molecule has 1 aromatic rings. The van der Waals surface area contributed by atoms with Crippen LogP contribution in [0.1, 0.15) is 26.7 Å². The van der Waals surface area contributed by atoms with Gasteiger partial charge in [-0.05, 0) is 25.5 Å². The van der Waals surface area contributed by atoms with Gasteiger partial charge in [-0.3, -0.25) is 5.32 Å². The van der Waals surface area contributed by atoms with E-state index in [1.807, 2.05) is 13.0 Å². The molecule has 1 amide bonds. The highest BCUT2D eigenvalue weighted by Gasteiger charge is 2.15. The van der Waals surface area contributed by atoms with E-state index in [0.29, 0.717) is 12.1 Å². The first-order valence-electron chi connectivity index (χ1n) is 6.78. The van der Waals surface area contributed by atoms with Crippen LogP contribution in [0.5, 0.6) is 0 Å². The summed E-state index contributed by atoms with van der Waals surface area (Å²) in [5, 5.41) is 18.9. The summed E-state index contributed by atoms with van der Waals surface area (Å²) >= 11 is 0. The Labute approximate surface area is 129 Å². The van der Waals surface area contributed by atoms with Crippen molar-refractivity contribution < 1.29 is 19.4 Å². The molecule has 22 heavy (non-hydrogen) atoms. The van der Waals surface area contributed by atoms with Crippen LogP contribution in [-0.4, -0.2) is 29.3 Å². The summed E-state index contributed by atoms with van der Waals surface area (Å²) < 4.78 is 4.57. The summed E-state index contributed by atoms with van der Waals surface area (Å²) in [6.45, 7) is 3.26.